The molecule has 1 heterocycles. The summed E-state index contributed by atoms with van der Waals surface area (Å²) in [6, 6.07) is -2.25. The molecule has 1 fully saturated rings. The maximum atomic E-state index is 13.3. The van der Waals surface area contributed by atoms with Gasteiger partial charge in [0, 0.05) is 21.9 Å². The number of esters is 2. The highest BCUT2D eigenvalue weighted by Crippen LogP contribution is 2.45. The summed E-state index contributed by atoms with van der Waals surface area (Å²) in [5.41, 5.74) is -1.53. The lowest BCUT2D eigenvalue weighted by Gasteiger charge is -2.44. The van der Waals surface area contributed by atoms with Crippen LogP contribution >= 0.6 is 0 Å². The van der Waals surface area contributed by atoms with E-state index >= 15 is 0 Å². The third kappa shape index (κ3) is 5.16. The summed E-state index contributed by atoms with van der Waals surface area (Å²) in [6.07, 6.45) is -6.19. The summed E-state index contributed by atoms with van der Waals surface area (Å²) < 4.78 is 104. The largest absolute Gasteiger partial charge is 0.462 e. The maximum absolute atomic E-state index is 13.3. The molecular formula is C25H38O5. The van der Waals surface area contributed by atoms with Crippen molar-refractivity contribution in [2.75, 3.05) is 0 Å². The van der Waals surface area contributed by atoms with E-state index in [1.54, 1.807) is 20.8 Å². The summed E-state index contributed by atoms with van der Waals surface area (Å²) in [5.74, 6) is -9.10. The van der Waals surface area contributed by atoms with E-state index in [-0.39, 0.29) is 32.1 Å². The summed E-state index contributed by atoms with van der Waals surface area (Å²) in [5, 5.41) is 4.58. The number of ether oxygens (including phenoxy) is 2. The van der Waals surface area contributed by atoms with Gasteiger partial charge in [-0.15, -0.1) is 0 Å². The predicted octanol–water partition coefficient (Wildman–Crippen LogP) is 4.59. The Kier molecular flexibility index (Phi) is 3.83. The highest BCUT2D eigenvalue weighted by Gasteiger charge is 2.43. The van der Waals surface area contributed by atoms with Gasteiger partial charge in [-0.05, 0) is 62.8 Å². The van der Waals surface area contributed by atoms with E-state index in [4.69, 9.17) is 24.6 Å². The zero-order valence-electron chi connectivity index (χ0n) is 29.0. The van der Waals surface area contributed by atoms with E-state index in [9.17, 15) is 9.59 Å². The maximum Gasteiger partial charge on any atom is 0.311 e. The Labute approximate surface area is 196 Å². The van der Waals surface area contributed by atoms with E-state index in [0.29, 0.717) is 0 Å². The topological polar surface area (TPSA) is 72.8 Å². The fourth-order valence-corrected chi connectivity index (χ4v) is 4.00. The molecule has 0 saturated carbocycles. The van der Waals surface area contributed by atoms with Crippen molar-refractivity contribution in [2.24, 2.45) is 29.0 Å². The van der Waals surface area contributed by atoms with Crippen LogP contribution in [-0.2, 0) is 19.1 Å². The van der Waals surface area contributed by atoms with Gasteiger partial charge in [0.2, 0.25) is 1.43 Å². The van der Waals surface area contributed by atoms with Gasteiger partial charge in [-0.3, -0.25) is 9.59 Å². The van der Waals surface area contributed by atoms with Gasteiger partial charge in [0.25, 0.3) is 0 Å². The Morgan fingerprint density at radius 1 is 1.53 bits per heavy atom. The molecule has 0 aromatic rings. The fraction of sp³-hybridized carbons (Fsp3) is 0.760. The van der Waals surface area contributed by atoms with E-state index in [2.05, 4.69) is 5.11 Å². The van der Waals surface area contributed by atoms with Gasteiger partial charge in [-0.2, -0.15) is 0 Å². The number of carbonyl (C=O) groups excluding carboxylic acids is 2. The van der Waals surface area contributed by atoms with Crippen molar-refractivity contribution in [3.8, 4) is 0 Å². The van der Waals surface area contributed by atoms with Crippen LogP contribution < -0.4 is 0 Å². The highest BCUT2D eigenvalue weighted by atomic mass is 16.6. The molecule has 0 aromatic heterocycles. The van der Waals surface area contributed by atoms with Gasteiger partial charge in [0.1, 0.15) is 12.2 Å². The molecule has 3 aliphatic rings. The first-order chi connectivity index (χ1) is 18.6. The van der Waals surface area contributed by atoms with Crippen LogP contribution in [0.4, 0.5) is 0 Å². The molecule has 3 rings (SSSR count). The number of hydrogen-bond acceptors (Lipinski definition) is 5. The lowest BCUT2D eigenvalue weighted by Crippen LogP contribution is -2.43. The monoisotopic (exact) mass is 429 g/mol. The molecule has 5 nitrogen and oxygen atoms in total. The second kappa shape index (κ2) is 9.25. The number of fused-ring (bicyclic) bond motifs is 1. The second-order valence-electron chi connectivity index (χ2n) is 8.94. The number of allylic oxidation sites excluding steroid dienone is 3. The standard InChI is InChI=1S/C25H38O5/c1-6-25(4,5)24(28)30-21-12-15(2)11-17-8-7-16(3)20(23(17)21)10-9-19-13-18(26)14-22(27)29-19/h7-8,11,15-16,18-21,23,26H,6,9-10,12-14H2,1-5H3/t15-,16-,18+,19?,20-,21?,23-/m0/s1/i2D3,7D,8D,11D,12D2,15D,16D,26D. The molecule has 5 heteroatoms. The Morgan fingerprint density at radius 2 is 2.33 bits per heavy atom. The van der Waals surface area contributed by atoms with Crippen LogP contribution in [0, 0.1) is 29.0 Å². The number of cyclic esters (lactones) is 1. The molecule has 7 atom stereocenters. The fourth-order valence-electron chi connectivity index (χ4n) is 4.00. The Balaban J connectivity index is 2.23. The van der Waals surface area contributed by atoms with Crippen LogP contribution in [0.5, 0.6) is 0 Å². The Hall–Kier alpha value is -1.62. The van der Waals surface area contributed by atoms with E-state index in [0.717, 1.165) is 0 Å². The summed E-state index contributed by atoms with van der Waals surface area (Å²) in [6.45, 7) is 2.75. The number of hydrogen-bond donors (Lipinski definition) is 1. The Bertz CT molecular complexity index is 1130. The summed E-state index contributed by atoms with van der Waals surface area (Å²) in [4.78, 5) is 25.3. The minimum Gasteiger partial charge on any atom is -0.462 e. The molecule has 1 aliphatic heterocycles. The zero-order valence-corrected chi connectivity index (χ0v) is 18.0. The summed E-state index contributed by atoms with van der Waals surface area (Å²) >= 11 is 0. The van der Waals surface area contributed by atoms with Crippen molar-refractivity contribution in [1.82, 2.24) is 0 Å². The lowest BCUT2D eigenvalue weighted by atomic mass is 9.65. The van der Waals surface area contributed by atoms with Gasteiger partial charge in [0.05, 0.1) is 22.1 Å². The van der Waals surface area contributed by atoms with Gasteiger partial charge >= 0.3 is 11.9 Å². The van der Waals surface area contributed by atoms with E-state index in [1.807, 2.05) is 0 Å². The molecule has 0 bridgehead atoms. The van der Waals surface area contributed by atoms with Crippen molar-refractivity contribution >= 4 is 11.9 Å². The normalized spacial score (nSPS) is 49.8. The van der Waals surface area contributed by atoms with Crippen LogP contribution in [0.25, 0.3) is 0 Å². The average molecular weight is 430 g/mol. The SMILES string of the molecule is [2H]O[C@H]1CC(=O)OC(CC[C@@H]2[C@@H]3C(=C([2H])[C@]([2H])(C([2H])([2H])[2H])C([2H])([2H])C3OC(=O)C(C)(C)CC)C([2H])=C([2H])[C@]2([2H])C)C1. The number of aliphatic hydroxyl groups excluding tert-OH is 1. The molecule has 168 valence electrons. The third-order valence-corrected chi connectivity index (χ3v) is 6.28. The van der Waals surface area contributed by atoms with Crippen molar-refractivity contribution < 1.29 is 37.9 Å². The lowest BCUT2D eigenvalue weighted by molar-refractivity contribution is -0.166. The Morgan fingerprint density at radius 3 is 3.03 bits per heavy atom. The highest BCUT2D eigenvalue weighted by molar-refractivity contribution is 5.76. The van der Waals surface area contributed by atoms with E-state index < -0.39 is 96.2 Å². The molecule has 1 N–H and O–H groups in total. The molecule has 30 heavy (non-hydrogen) atoms. The van der Waals surface area contributed by atoms with Crippen molar-refractivity contribution in [3.63, 3.8) is 0 Å². The van der Waals surface area contributed by atoms with Crippen LogP contribution in [-0.4, -0.2) is 36.8 Å². The first kappa shape index (κ1) is 12.4. The molecule has 2 aliphatic carbocycles. The van der Waals surface area contributed by atoms with Gasteiger partial charge in [0.15, 0.2) is 0 Å². The predicted molar refractivity (Wildman–Crippen MR) is 115 cm³/mol. The van der Waals surface area contributed by atoms with Crippen molar-refractivity contribution in [1.29, 1.82) is 1.43 Å². The zero-order chi connectivity index (χ0) is 31.5. The van der Waals surface area contributed by atoms with Crippen LogP contribution in [0.1, 0.15) is 86.7 Å². The molecular weight excluding hydrogens is 380 g/mol. The number of aliphatic hydroxyl groups is 1. The van der Waals surface area contributed by atoms with Crippen LogP contribution in [0.2, 0.25) is 0 Å². The molecule has 0 radical (unpaired) electrons. The quantitative estimate of drug-likeness (QED) is 0.600. The minimum absolute atomic E-state index is 0.0279. The van der Waals surface area contributed by atoms with Crippen LogP contribution in [0.15, 0.2) is 23.7 Å². The minimum atomic E-state index is -3.42. The van der Waals surface area contributed by atoms with E-state index in [1.165, 1.54) is 6.92 Å². The third-order valence-electron chi connectivity index (χ3n) is 6.28. The van der Waals surface area contributed by atoms with Gasteiger partial charge < -0.3 is 14.6 Å². The van der Waals surface area contributed by atoms with Crippen molar-refractivity contribution in [2.45, 2.75) is 91.3 Å². The molecule has 1 saturated heterocycles. The number of rotatable bonds is 7. The van der Waals surface area contributed by atoms with Gasteiger partial charge in [-0.25, -0.2) is 0 Å². The molecule has 0 amide bonds. The first-order valence-corrected chi connectivity index (χ1v) is 10.5. The second-order valence-corrected chi connectivity index (χ2v) is 8.94. The number of carbonyl (C=O) groups is 2. The molecule has 0 spiro atoms. The first-order valence-electron chi connectivity index (χ1n) is 15.9. The molecule has 2 unspecified atom stereocenters. The van der Waals surface area contributed by atoms with Gasteiger partial charge in [-0.1, -0.05) is 38.9 Å². The molecule has 0 aromatic carbocycles. The average Bonchev–Trinajstić information content (AvgIpc) is 2.86. The van der Waals surface area contributed by atoms with Crippen molar-refractivity contribution in [3.05, 3.63) is 23.7 Å². The smallest absolute Gasteiger partial charge is 0.311 e. The van der Waals surface area contributed by atoms with Crippen LogP contribution in [0.3, 0.4) is 0 Å². The summed E-state index contributed by atoms with van der Waals surface area (Å²) in [7, 11) is 0.